The molecule has 1 heterocycles. The van der Waals surface area contributed by atoms with Gasteiger partial charge in [0.25, 0.3) is 0 Å². The van der Waals surface area contributed by atoms with Gasteiger partial charge in [-0.1, -0.05) is 36.4 Å². The molecule has 2 aromatic rings. The van der Waals surface area contributed by atoms with Crippen LogP contribution in [-0.4, -0.2) is 22.6 Å². The van der Waals surface area contributed by atoms with E-state index in [0.29, 0.717) is 18.8 Å². The van der Waals surface area contributed by atoms with Gasteiger partial charge >= 0.3 is 6.03 Å². The van der Waals surface area contributed by atoms with Crippen molar-refractivity contribution in [2.24, 2.45) is 0 Å². The van der Waals surface area contributed by atoms with Crippen LogP contribution in [-0.2, 0) is 13.0 Å². The summed E-state index contributed by atoms with van der Waals surface area (Å²) in [5, 5.41) is 12.4. The number of fused-ring (bicyclic) bond motifs is 1. The number of nitrogens with one attached hydrogen (secondary N) is 1. The first-order valence-electron chi connectivity index (χ1n) is 6.65. The maximum absolute atomic E-state index is 12.2. The highest BCUT2D eigenvalue weighted by Gasteiger charge is 2.20. The van der Waals surface area contributed by atoms with Crippen LogP contribution >= 0.6 is 0 Å². The molecule has 0 atom stereocenters. The Morgan fingerprint density at radius 1 is 1.05 bits per heavy atom. The van der Waals surface area contributed by atoms with E-state index in [2.05, 4.69) is 17.4 Å². The smallest absolute Gasteiger partial charge is 0.322 e. The van der Waals surface area contributed by atoms with Crippen molar-refractivity contribution in [3.05, 3.63) is 59.7 Å². The molecule has 0 saturated heterocycles. The summed E-state index contributed by atoms with van der Waals surface area (Å²) in [6.45, 7) is 1.30. The molecule has 2 N–H and O–H groups in total. The lowest BCUT2D eigenvalue weighted by Crippen LogP contribution is -2.38. The number of carbonyl (C=O) groups is 1. The Morgan fingerprint density at radius 3 is 2.55 bits per heavy atom. The van der Waals surface area contributed by atoms with E-state index in [0.717, 1.165) is 6.42 Å². The Balaban J connectivity index is 1.72. The van der Waals surface area contributed by atoms with Crippen molar-refractivity contribution >= 4 is 11.7 Å². The third-order valence-electron chi connectivity index (χ3n) is 3.56. The number of para-hydroxylation sites is 2. The molecule has 20 heavy (non-hydrogen) atoms. The van der Waals surface area contributed by atoms with Gasteiger partial charge in [0.2, 0.25) is 0 Å². The second-order valence-electron chi connectivity index (χ2n) is 4.89. The second kappa shape index (κ2) is 5.25. The van der Waals surface area contributed by atoms with Gasteiger partial charge in [-0.15, -0.1) is 0 Å². The average molecular weight is 268 g/mol. The minimum atomic E-state index is -0.180. The summed E-state index contributed by atoms with van der Waals surface area (Å²) in [7, 11) is 0. The number of phenolic OH excluding ortho intramolecular Hbond substituents is 1. The average Bonchev–Trinajstić information content (AvgIpc) is 2.49. The monoisotopic (exact) mass is 268 g/mol. The van der Waals surface area contributed by atoms with Gasteiger partial charge in [-0.05, 0) is 29.7 Å². The van der Waals surface area contributed by atoms with Crippen LogP contribution in [0.3, 0.4) is 0 Å². The summed E-state index contributed by atoms with van der Waals surface area (Å²) in [4.78, 5) is 14.0. The van der Waals surface area contributed by atoms with Crippen LogP contribution in [0.25, 0.3) is 0 Å². The van der Waals surface area contributed by atoms with E-state index in [1.807, 2.05) is 12.1 Å². The zero-order valence-corrected chi connectivity index (χ0v) is 11.0. The highest BCUT2D eigenvalue weighted by molar-refractivity contribution is 5.91. The third-order valence-corrected chi connectivity index (χ3v) is 3.56. The number of urea groups is 1. The zero-order chi connectivity index (χ0) is 13.9. The van der Waals surface area contributed by atoms with Crippen LogP contribution in [0.1, 0.15) is 11.1 Å². The molecule has 102 valence electrons. The van der Waals surface area contributed by atoms with Gasteiger partial charge in [-0.25, -0.2) is 4.79 Å². The van der Waals surface area contributed by atoms with E-state index < -0.39 is 0 Å². The molecule has 0 saturated carbocycles. The van der Waals surface area contributed by atoms with Crippen LogP contribution in [0.2, 0.25) is 0 Å². The quantitative estimate of drug-likeness (QED) is 0.781. The molecule has 1 aliphatic heterocycles. The van der Waals surface area contributed by atoms with Gasteiger partial charge in [-0.2, -0.15) is 0 Å². The van der Waals surface area contributed by atoms with Crippen LogP contribution < -0.4 is 5.32 Å². The Hall–Kier alpha value is -2.49. The molecular formula is C16H16N2O2. The Bertz CT molecular complexity index is 640. The first-order chi connectivity index (χ1) is 9.74. The van der Waals surface area contributed by atoms with Crippen molar-refractivity contribution < 1.29 is 9.90 Å². The normalized spacial score (nSPS) is 13.7. The summed E-state index contributed by atoms with van der Waals surface area (Å²) >= 11 is 0. The molecular weight excluding hydrogens is 252 g/mol. The highest BCUT2D eigenvalue weighted by Crippen LogP contribution is 2.23. The number of rotatable bonds is 1. The second-order valence-corrected chi connectivity index (χ2v) is 4.89. The van der Waals surface area contributed by atoms with Crippen molar-refractivity contribution in [3.8, 4) is 5.75 Å². The fourth-order valence-electron chi connectivity index (χ4n) is 2.44. The van der Waals surface area contributed by atoms with Crippen LogP contribution in [0.15, 0.2) is 48.5 Å². The number of nitrogens with zero attached hydrogens (tertiary/aromatic N) is 1. The topological polar surface area (TPSA) is 52.6 Å². The molecule has 4 heteroatoms. The van der Waals surface area contributed by atoms with Gasteiger partial charge in [0, 0.05) is 13.1 Å². The molecule has 3 rings (SSSR count). The standard InChI is InChI=1S/C16H16N2O2/c19-15-8-4-3-7-14(15)17-16(20)18-10-9-12-5-1-2-6-13(12)11-18/h1-8,19H,9-11H2,(H,17,20). The molecule has 0 radical (unpaired) electrons. The van der Waals surface area contributed by atoms with E-state index >= 15 is 0 Å². The van der Waals surface area contributed by atoms with Gasteiger partial charge in [0.05, 0.1) is 5.69 Å². The predicted octanol–water partition coefficient (Wildman–Crippen LogP) is 2.98. The van der Waals surface area contributed by atoms with Crippen molar-refractivity contribution in [3.63, 3.8) is 0 Å². The number of phenols is 1. The molecule has 4 nitrogen and oxygen atoms in total. The number of amides is 2. The Kier molecular flexibility index (Phi) is 3.29. The summed E-state index contributed by atoms with van der Waals surface area (Å²) < 4.78 is 0. The fraction of sp³-hybridized carbons (Fsp3) is 0.188. The molecule has 0 fully saturated rings. The van der Waals surface area contributed by atoms with Crippen LogP contribution in [0.4, 0.5) is 10.5 Å². The fourth-order valence-corrected chi connectivity index (χ4v) is 2.44. The van der Waals surface area contributed by atoms with Gasteiger partial charge in [-0.3, -0.25) is 0 Å². The van der Waals surface area contributed by atoms with E-state index in [4.69, 9.17) is 0 Å². The molecule has 0 bridgehead atoms. The van der Waals surface area contributed by atoms with E-state index in [9.17, 15) is 9.90 Å². The molecule has 2 amide bonds. The third kappa shape index (κ3) is 2.45. The number of hydrogen-bond donors (Lipinski definition) is 2. The SMILES string of the molecule is O=C(Nc1ccccc1O)N1CCc2ccccc2C1. The summed E-state index contributed by atoms with van der Waals surface area (Å²) in [6, 6.07) is 14.7. The molecule has 0 aliphatic carbocycles. The van der Waals surface area contributed by atoms with Crippen molar-refractivity contribution in [2.45, 2.75) is 13.0 Å². The summed E-state index contributed by atoms with van der Waals surface area (Å²) in [5.41, 5.74) is 2.93. The van der Waals surface area contributed by atoms with Crippen molar-refractivity contribution in [2.75, 3.05) is 11.9 Å². The number of anilines is 1. The first kappa shape index (κ1) is 12.5. The number of hydrogen-bond acceptors (Lipinski definition) is 2. The Morgan fingerprint density at radius 2 is 1.75 bits per heavy atom. The first-order valence-corrected chi connectivity index (χ1v) is 6.65. The number of aromatic hydroxyl groups is 1. The maximum Gasteiger partial charge on any atom is 0.322 e. The number of benzene rings is 2. The lowest BCUT2D eigenvalue weighted by atomic mass is 10.0. The van der Waals surface area contributed by atoms with Gasteiger partial charge in [0.15, 0.2) is 0 Å². The van der Waals surface area contributed by atoms with Crippen LogP contribution in [0.5, 0.6) is 5.75 Å². The minimum absolute atomic E-state index is 0.0817. The summed E-state index contributed by atoms with van der Waals surface area (Å²) in [5.74, 6) is 0.0817. The minimum Gasteiger partial charge on any atom is -0.506 e. The van der Waals surface area contributed by atoms with Gasteiger partial charge in [0.1, 0.15) is 5.75 Å². The lowest BCUT2D eigenvalue weighted by Gasteiger charge is -2.29. The maximum atomic E-state index is 12.2. The van der Waals surface area contributed by atoms with Crippen LogP contribution in [0, 0.1) is 0 Å². The highest BCUT2D eigenvalue weighted by atomic mass is 16.3. The van der Waals surface area contributed by atoms with E-state index in [1.165, 1.54) is 11.1 Å². The molecule has 0 aromatic heterocycles. The summed E-state index contributed by atoms with van der Waals surface area (Å²) in [6.07, 6.45) is 0.865. The van der Waals surface area contributed by atoms with Crippen molar-refractivity contribution in [1.82, 2.24) is 4.90 Å². The molecule has 2 aromatic carbocycles. The van der Waals surface area contributed by atoms with E-state index in [1.54, 1.807) is 29.2 Å². The van der Waals surface area contributed by atoms with Gasteiger partial charge < -0.3 is 15.3 Å². The molecule has 1 aliphatic rings. The number of carbonyl (C=O) groups excluding carboxylic acids is 1. The lowest BCUT2D eigenvalue weighted by molar-refractivity contribution is 0.206. The molecule has 0 spiro atoms. The van der Waals surface area contributed by atoms with Crippen molar-refractivity contribution in [1.29, 1.82) is 0 Å². The predicted molar refractivity (Wildman–Crippen MR) is 77.7 cm³/mol. The molecule has 0 unspecified atom stereocenters. The Labute approximate surface area is 117 Å². The van der Waals surface area contributed by atoms with E-state index in [-0.39, 0.29) is 11.8 Å². The largest absolute Gasteiger partial charge is 0.506 e. The zero-order valence-electron chi connectivity index (χ0n) is 11.0.